The zero-order valence-corrected chi connectivity index (χ0v) is 15.6. The molecule has 0 fully saturated rings. The Hall–Kier alpha value is -2.71. The number of thiazole rings is 1. The number of benzene rings is 1. The molecule has 0 radical (unpaired) electrons. The van der Waals surface area contributed by atoms with Gasteiger partial charge in [-0.3, -0.25) is 9.59 Å². The standard InChI is InChI=1S/C18H17N3O3S2/c1-11-4-5-15(22)14(7-11)20-16(23)8-12-10-26-18(19-12)21-17(24)9-13-3-2-6-25-13/h2-7,10,22H,8-9H2,1H3,(H,20,23)(H,19,21,24). The number of nitrogens with one attached hydrogen (secondary N) is 2. The van der Waals surface area contributed by atoms with Crippen molar-refractivity contribution in [2.24, 2.45) is 0 Å². The maximum absolute atomic E-state index is 12.1. The van der Waals surface area contributed by atoms with Crippen molar-refractivity contribution in [1.82, 2.24) is 4.98 Å². The van der Waals surface area contributed by atoms with Crippen LogP contribution in [0.15, 0.2) is 41.1 Å². The normalized spacial score (nSPS) is 10.5. The zero-order valence-electron chi connectivity index (χ0n) is 14.0. The second-order valence-corrected chi connectivity index (χ2v) is 7.58. The van der Waals surface area contributed by atoms with Crippen molar-refractivity contribution >= 4 is 45.3 Å². The number of carbonyl (C=O) groups is 2. The topological polar surface area (TPSA) is 91.3 Å². The first-order chi connectivity index (χ1) is 12.5. The number of phenolic OH excluding ortho intramolecular Hbond substituents is 1. The Balaban J connectivity index is 1.55. The van der Waals surface area contributed by atoms with Gasteiger partial charge in [0.05, 0.1) is 24.2 Å². The van der Waals surface area contributed by atoms with Gasteiger partial charge in [-0.2, -0.15) is 0 Å². The van der Waals surface area contributed by atoms with Crippen LogP contribution in [0.4, 0.5) is 10.8 Å². The molecule has 0 spiro atoms. The number of aromatic hydroxyl groups is 1. The number of anilines is 2. The summed E-state index contributed by atoms with van der Waals surface area (Å²) in [4.78, 5) is 29.4. The van der Waals surface area contributed by atoms with Crippen molar-refractivity contribution in [3.05, 3.63) is 57.2 Å². The van der Waals surface area contributed by atoms with E-state index in [0.717, 1.165) is 10.4 Å². The molecule has 3 N–H and O–H groups in total. The highest BCUT2D eigenvalue weighted by Gasteiger charge is 2.12. The third kappa shape index (κ3) is 4.90. The predicted molar refractivity (Wildman–Crippen MR) is 104 cm³/mol. The molecule has 0 aliphatic carbocycles. The lowest BCUT2D eigenvalue weighted by Crippen LogP contribution is -2.15. The molecule has 2 heterocycles. The van der Waals surface area contributed by atoms with Gasteiger partial charge in [0.15, 0.2) is 5.13 Å². The van der Waals surface area contributed by atoms with E-state index in [1.54, 1.807) is 17.5 Å². The molecule has 0 unspecified atom stereocenters. The van der Waals surface area contributed by atoms with Crippen molar-refractivity contribution in [3.8, 4) is 5.75 Å². The summed E-state index contributed by atoms with van der Waals surface area (Å²) in [5, 5.41) is 19.3. The molecule has 1 aromatic carbocycles. The number of nitrogens with zero attached hydrogens (tertiary/aromatic N) is 1. The van der Waals surface area contributed by atoms with Gasteiger partial charge in [0.2, 0.25) is 11.8 Å². The number of rotatable bonds is 6. The Morgan fingerprint density at radius 2 is 1.92 bits per heavy atom. The number of hydrogen-bond donors (Lipinski definition) is 3. The van der Waals surface area contributed by atoms with Gasteiger partial charge in [0, 0.05) is 10.3 Å². The summed E-state index contributed by atoms with van der Waals surface area (Å²) in [5.74, 6) is -0.404. The smallest absolute Gasteiger partial charge is 0.231 e. The molecule has 8 heteroatoms. The van der Waals surface area contributed by atoms with Gasteiger partial charge in [-0.05, 0) is 36.1 Å². The summed E-state index contributed by atoms with van der Waals surface area (Å²) in [7, 11) is 0. The van der Waals surface area contributed by atoms with Crippen LogP contribution in [-0.4, -0.2) is 21.9 Å². The van der Waals surface area contributed by atoms with E-state index in [4.69, 9.17) is 0 Å². The Labute approximate surface area is 158 Å². The molecule has 2 amide bonds. The third-order valence-corrected chi connectivity index (χ3v) is 5.16. The van der Waals surface area contributed by atoms with E-state index in [0.29, 0.717) is 22.9 Å². The lowest BCUT2D eigenvalue weighted by molar-refractivity contribution is -0.116. The van der Waals surface area contributed by atoms with Crippen LogP contribution in [0.5, 0.6) is 5.75 Å². The van der Waals surface area contributed by atoms with Crippen molar-refractivity contribution in [2.45, 2.75) is 19.8 Å². The maximum atomic E-state index is 12.1. The minimum atomic E-state index is -0.285. The Kier molecular flexibility index (Phi) is 5.65. The highest BCUT2D eigenvalue weighted by molar-refractivity contribution is 7.14. The second-order valence-electron chi connectivity index (χ2n) is 5.69. The van der Waals surface area contributed by atoms with Gasteiger partial charge in [0.25, 0.3) is 0 Å². The molecule has 6 nitrogen and oxygen atoms in total. The maximum Gasteiger partial charge on any atom is 0.231 e. The fraction of sp³-hybridized carbons (Fsp3) is 0.167. The molecule has 2 aromatic heterocycles. The summed E-state index contributed by atoms with van der Waals surface area (Å²) in [6.45, 7) is 1.88. The monoisotopic (exact) mass is 387 g/mol. The zero-order chi connectivity index (χ0) is 18.5. The first-order valence-electron chi connectivity index (χ1n) is 7.85. The highest BCUT2D eigenvalue weighted by Crippen LogP contribution is 2.24. The molecule has 0 atom stereocenters. The number of carbonyl (C=O) groups excluding carboxylic acids is 2. The SMILES string of the molecule is Cc1ccc(O)c(NC(=O)Cc2csc(NC(=O)Cc3cccs3)n2)c1. The first kappa shape index (κ1) is 18.1. The summed E-state index contributed by atoms with van der Waals surface area (Å²) >= 11 is 2.80. The van der Waals surface area contributed by atoms with Crippen LogP contribution in [0.25, 0.3) is 0 Å². The summed E-state index contributed by atoms with van der Waals surface area (Å²) in [6, 6.07) is 8.80. The summed E-state index contributed by atoms with van der Waals surface area (Å²) < 4.78 is 0. The van der Waals surface area contributed by atoms with Crippen LogP contribution in [0.3, 0.4) is 0 Å². The number of amides is 2. The number of aromatic nitrogens is 1. The van der Waals surface area contributed by atoms with E-state index in [9.17, 15) is 14.7 Å². The first-order valence-corrected chi connectivity index (χ1v) is 9.61. The largest absolute Gasteiger partial charge is 0.506 e. The van der Waals surface area contributed by atoms with Gasteiger partial charge in [-0.25, -0.2) is 4.98 Å². The van der Waals surface area contributed by atoms with E-state index in [2.05, 4.69) is 15.6 Å². The van der Waals surface area contributed by atoms with Crippen LogP contribution in [0.1, 0.15) is 16.1 Å². The molecular weight excluding hydrogens is 370 g/mol. The van der Waals surface area contributed by atoms with Crippen LogP contribution >= 0.6 is 22.7 Å². The molecule has 3 aromatic rings. The molecule has 26 heavy (non-hydrogen) atoms. The van der Waals surface area contributed by atoms with Crippen molar-refractivity contribution in [1.29, 1.82) is 0 Å². The van der Waals surface area contributed by atoms with E-state index in [1.807, 2.05) is 24.4 Å². The Bertz CT molecular complexity index is 920. The van der Waals surface area contributed by atoms with E-state index < -0.39 is 0 Å². The van der Waals surface area contributed by atoms with E-state index >= 15 is 0 Å². The molecular formula is C18H17N3O3S2. The minimum Gasteiger partial charge on any atom is -0.506 e. The molecule has 0 aliphatic rings. The predicted octanol–water partition coefficient (Wildman–Crippen LogP) is 3.58. The second kappa shape index (κ2) is 8.11. The quantitative estimate of drug-likeness (QED) is 0.564. The third-order valence-electron chi connectivity index (χ3n) is 3.48. The van der Waals surface area contributed by atoms with E-state index in [1.165, 1.54) is 28.7 Å². The molecule has 0 aliphatic heterocycles. The van der Waals surface area contributed by atoms with Crippen molar-refractivity contribution in [2.75, 3.05) is 10.6 Å². The van der Waals surface area contributed by atoms with Crippen molar-refractivity contribution < 1.29 is 14.7 Å². The number of thiophene rings is 1. The Morgan fingerprint density at radius 3 is 2.69 bits per heavy atom. The van der Waals surface area contributed by atoms with Crippen LogP contribution in [0, 0.1) is 6.92 Å². The summed E-state index contributed by atoms with van der Waals surface area (Å²) in [6.07, 6.45) is 0.365. The van der Waals surface area contributed by atoms with Gasteiger partial charge in [0.1, 0.15) is 5.75 Å². The van der Waals surface area contributed by atoms with Crippen molar-refractivity contribution in [3.63, 3.8) is 0 Å². The molecule has 0 bridgehead atoms. The van der Waals surface area contributed by atoms with Gasteiger partial charge >= 0.3 is 0 Å². The lowest BCUT2D eigenvalue weighted by Gasteiger charge is -2.07. The average molecular weight is 387 g/mol. The Morgan fingerprint density at radius 1 is 1.12 bits per heavy atom. The number of hydrogen-bond acceptors (Lipinski definition) is 6. The minimum absolute atomic E-state index is 0.0174. The van der Waals surface area contributed by atoms with Gasteiger partial charge in [-0.1, -0.05) is 12.1 Å². The van der Waals surface area contributed by atoms with Crippen LogP contribution < -0.4 is 10.6 Å². The molecule has 134 valence electrons. The number of aryl methyl sites for hydroxylation is 1. The number of phenols is 1. The lowest BCUT2D eigenvalue weighted by atomic mass is 10.2. The van der Waals surface area contributed by atoms with Crippen LogP contribution in [0.2, 0.25) is 0 Å². The average Bonchev–Trinajstić information content (AvgIpc) is 3.23. The fourth-order valence-corrected chi connectivity index (χ4v) is 3.72. The summed E-state index contributed by atoms with van der Waals surface area (Å²) in [5.41, 5.74) is 1.86. The van der Waals surface area contributed by atoms with Gasteiger partial charge in [-0.15, -0.1) is 22.7 Å². The molecule has 3 rings (SSSR count). The van der Waals surface area contributed by atoms with Gasteiger partial charge < -0.3 is 15.7 Å². The fourth-order valence-electron chi connectivity index (χ4n) is 2.29. The van der Waals surface area contributed by atoms with E-state index in [-0.39, 0.29) is 24.0 Å². The van der Waals surface area contributed by atoms with Crippen LogP contribution in [-0.2, 0) is 22.4 Å². The highest BCUT2D eigenvalue weighted by atomic mass is 32.1. The molecule has 0 saturated carbocycles. The molecule has 0 saturated heterocycles.